The normalized spacial score (nSPS) is 20.2. The molecule has 1 aromatic carbocycles. The number of benzene rings is 1. The molecule has 0 unspecified atom stereocenters. The maximum atomic E-state index is 13.4. The third-order valence-electron chi connectivity index (χ3n) is 5.68. The highest BCUT2D eigenvalue weighted by atomic mass is 32.2. The number of nitrogens with two attached hydrogens (primary N) is 1. The van der Waals surface area contributed by atoms with Crippen molar-refractivity contribution in [2.45, 2.75) is 24.2 Å². The number of aromatic nitrogens is 3. The molecule has 0 saturated carbocycles. The summed E-state index contributed by atoms with van der Waals surface area (Å²) in [6.45, 7) is -0.119. The zero-order valence-electron chi connectivity index (χ0n) is 17.2. The van der Waals surface area contributed by atoms with Crippen molar-refractivity contribution in [2.24, 2.45) is 5.14 Å². The summed E-state index contributed by atoms with van der Waals surface area (Å²) in [4.78, 5) is 3.27. The molecule has 1 atom stereocenters. The molecule has 3 aromatic rings. The van der Waals surface area contributed by atoms with Gasteiger partial charge in [-0.25, -0.2) is 10.1 Å². The molecular weight excluding hydrogens is 490 g/mol. The van der Waals surface area contributed by atoms with Crippen LogP contribution in [0.25, 0.3) is 5.65 Å². The molecule has 15 heteroatoms. The quantitative estimate of drug-likeness (QED) is 0.516. The number of hydrogen-bond donors (Lipinski definition) is 2. The topological polar surface area (TPSA) is 106 Å². The zero-order valence-corrected chi connectivity index (χ0v) is 18.0. The van der Waals surface area contributed by atoms with Gasteiger partial charge in [0.25, 0.3) is 10.2 Å². The van der Waals surface area contributed by atoms with Gasteiger partial charge in [0.1, 0.15) is 5.82 Å². The number of halogens is 6. The minimum Gasteiger partial charge on any atom is -0.369 e. The molecule has 8 nitrogen and oxygen atoms in total. The van der Waals surface area contributed by atoms with E-state index in [0.29, 0.717) is 22.2 Å². The van der Waals surface area contributed by atoms with Crippen LogP contribution in [0.1, 0.15) is 23.4 Å². The molecule has 3 N–H and O–H groups in total. The third-order valence-corrected chi connectivity index (χ3v) is 6.71. The van der Waals surface area contributed by atoms with Crippen LogP contribution in [0.3, 0.4) is 0 Å². The molecule has 4 rings (SSSR count). The average Bonchev–Trinajstić information content (AvgIpc) is 3.37. The van der Waals surface area contributed by atoms with Gasteiger partial charge in [0, 0.05) is 37.2 Å². The van der Waals surface area contributed by atoms with Gasteiger partial charge in [-0.05, 0) is 12.0 Å². The van der Waals surface area contributed by atoms with Crippen molar-refractivity contribution < 1.29 is 34.8 Å². The molecule has 0 bridgehead atoms. The van der Waals surface area contributed by atoms with E-state index in [1.807, 2.05) is 0 Å². The predicted octanol–water partition coefficient (Wildman–Crippen LogP) is 3.03. The van der Waals surface area contributed by atoms with Crippen LogP contribution >= 0.6 is 0 Å². The number of nitrogens with one attached hydrogen (secondary N) is 1. The maximum Gasteiger partial charge on any atom is 0.435 e. The van der Waals surface area contributed by atoms with Gasteiger partial charge in [-0.1, -0.05) is 30.3 Å². The van der Waals surface area contributed by atoms with E-state index < -0.39 is 45.0 Å². The molecule has 1 aliphatic heterocycles. The summed E-state index contributed by atoms with van der Waals surface area (Å²) in [5.74, 6) is -0.378. The van der Waals surface area contributed by atoms with Crippen LogP contribution in [0.4, 0.5) is 32.2 Å². The monoisotopic (exact) mass is 508 g/mol. The van der Waals surface area contributed by atoms with Crippen LogP contribution in [0.15, 0.2) is 42.5 Å². The lowest BCUT2D eigenvalue weighted by molar-refractivity contribution is -0.142. The van der Waals surface area contributed by atoms with Crippen molar-refractivity contribution in [2.75, 3.05) is 25.0 Å². The van der Waals surface area contributed by atoms with E-state index in [1.165, 1.54) is 0 Å². The number of hydrogen-bond acceptors (Lipinski definition) is 5. The van der Waals surface area contributed by atoms with Crippen molar-refractivity contribution in [3.63, 3.8) is 0 Å². The SMILES string of the molecule is NS(=O)(=O)N1CC[C@](CNc2cc(C(F)(F)F)nc3cc(C(F)(F)F)nn23)(c2ccccc2)C1. The maximum absolute atomic E-state index is 13.4. The molecule has 1 fully saturated rings. The van der Waals surface area contributed by atoms with Gasteiger partial charge in [-0.15, -0.1) is 0 Å². The smallest absolute Gasteiger partial charge is 0.369 e. The highest BCUT2D eigenvalue weighted by molar-refractivity contribution is 7.86. The fourth-order valence-corrected chi connectivity index (χ4v) is 4.74. The number of rotatable bonds is 5. The number of alkyl halides is 6. The molecule has 2 aromatic heterocycles. The Morgan fingerprint density at radius 2 is 1.68 bits per heavy atom. The highest BCUT2D eigenvalue weighted by Gasteiger charge is 2.43. The van der Waals surface area contributed by atoms with Crippen molar-refractivity contribution in [1.29, 1.82) is 0 Å². The van der Waals surface area contributed by atoms with Crippen molar-refractivity contribution >= 4 is 21.7 Å². The largest absolute Gasteiger partial charge is 0.435 e. The molecule has 1 aliphatic rings. The Kier molecular flexibility index (Phi) is 5.77. The van der Waals surface area contributed by atoms with Gasteiger partial charge in [0.05, 0.1) is 0 Å². The first kappa shape index (κ1) is 24.2. The van der Waals surface area contributed by atoms with E-state index in [0.717, 1.165) is 4.31 Å². The summed E-state index contributed by atoms with van der Waals surface area (Å²) in [7, 11) is -4.03. The average molecular weight is 508 g/mol. The Balaban J connectivity index is 1.76. The van der Waals surface area contributed by atoms with Crippen LogP contribution in [0.2, 0.25) is 0 Å². The second kappa shape index (κ2) is 8.09. The fraction of sp³-hybridized carbons (Fsp3) is 0.368. The number of anilines is 1. The molecule has 0 amide bonds. The first-order valence-electron chi connectivity index (χ1n) is 9.82. The third kappa shape index (κ3) is 4.67. The molecule has 0 radical (unpaired) electrons. The Hall–Kier alpha value is -2.91. The minimum atomic E-state index is -4.92. The van der Waals surface area contributed by atoms with Crippen LogP contribution in [-0.2, 0) is 28.0 Å². The fourth-order valence-electron chi connectivity index (χ4n) is 3.97. The lowest BCUT2D eigenvalue weighted by Gasteiger charge is -2.30. The van der Waals surface area contributed by atoms with Gasteiger partial charge < -0.3 is 5.32 Å². The van der Waals surface area contributed by atoms with Gasteiger partial charge in [0.15, 0.2) is 17.0 Å². The van der Waals surface area contributed by atoms with E-state index in [4.69, 9.17) is 5.14 Å². The Labute approximate surface area is 189 Å². The summed E-state index contributed by atoms with van der Waals surface area (Å²) in [5, 5.41) is 11.4. The summed E-state index contributed by atoms with van der Waals surface area (Å²) < 4.78 is 105. The van der Waals surface area contributed by atoms with Crippen LogP contribution in [-0.4, -0.2) is 47.0 Å². The summed E-state index contributed by atoms with van der Waals surface area (Å²) in [5.41, 5.74) is -3.67. The molecule has 34 heavy (non-hydrogen) atoms. The van der Waals surface area contributed by atoms with Crippen LogP contribution in [0.5, 0.6) is 0 Å². The highest BCUT2D eigenvalue weighted by Crippen LogP contribution is 2.37. The molecule has 3 heterocycles. The first-order chi connectivity index (χ1) is 15.7. The summed E-state index contributed by atoms with van der Waals surface area (Å²) in [6.07, 6.45) is -9.54. The van der Waals surface area contributed by atoms with Crippen molar-refractivity contribution in [1.82, 2.24) is 18.9 Å². The van der Waals surface area contributed by atoms with Gasteiger partial charge >= 0.3 is 12.4 Å². The van der Waals surface area contributed by atoms with E-state index in [-0.39, 0.29) is 31.9 Å². The molecule has 184 valence electrons. The van der Waals surface area contributed by atoms with Gasteiger partial charge in [-0.3, -0.25) is 0 Å². The van der Waals surface area contributed by atoms with Gasteiger partial charge in [-0.2, -0.15) is 48.7 Å². The van der Waals surface area contributed by atoms with E-state index in [9.17, 15) is 34.8 Å². The van der Waals surface area contributed by atoms with E-state index in [2.05, 4.69) is 15.4 Å². The van der Waals surface area contributed by atoms with Crippen LogP contribution < -0.4 is 10.5 Å². The second-order valence-corrected chi connectivity index (χ2v) is 9.50. The summed E-state index contributed by atoms with van der Waals surface area (Å²) >= 11 is 0. The van der Waals surface area contributed by atoms with Crippen molar-refractivity contribution in [3.8, 4) is 0 Å². The number of fused-ring (bicyclic) bond motifs is 1. The Morgan fingerprint density at radius 3 is 2.24 bits per heavy atom. The molecule has 0 aliphatic carbocycles. The van der Waals surface area contributed by atoms with Gasteiger partial charge in [0.2, 0.25) is 0 Å². The van der Waals surface area contributed by atoms with E-state index >= 15 is 0 Å². The lowest BCUT2D eigenvalue weighted by Crippen LogP contribution is -2.41. The molecular formula is C19H18F6N6O2S. The summed E-state index contributed by atoms with van der Waals surface area (Å²) in [6, 6.07) is 9.61. The standard InChI is InChI=1S/C19H18F6N6O2S/c20-18(21,22)13-8-15(31-16(28-13)9-14(29-31)19(23,24)25)27-10-17(12-4-2-1-3-5-12)6-7-30(11-17)34(26,32)33/h1-5,8-9,27H,6-7,10-11H2,(H2,26,32,33)/t17-/m1/s1. The molecule has 0 spiro atoms. The predicted molar refractivity (Wildman–Crippen MR) is 109 cm³/mol. The first-order valence-corrected chi connectivity index (χ1v) is 11.3. The van der Waals surface area contributed by atoms with E-state index in [1.54, 1.807) is 30.3 Å². The zero-order chi connectivity index (χ0) is 24.9. The molecule has 1 saturated heterocycles. The van der Waals surface area contributed by atoms with Crippen LogP contribution in [0, 0.1) is 0 Å². The Bertz CT molecular complexity index is 1310. The second-order valence-electron chi connectivity index (χ2n) is 7.95. The minimum absolute atomic E-state index is 0.0644. The number of nitrogens with zero attached hydrogens (tertiary/aromatic N) is 4. The lowest BCUT2D eigenvalue weighted by atomic mass is 9.79. The van der Waals surface area contributed by atoms with Crippen molar-refractivity contribution in [3.05, 3.63) is 59.4 Å². The Morgan fingerprint density at radius 1 is 1.03 bits per heavy atom.